The maximum atomic E-state index is 13.0. The van der Waals surface area contributed by atoms with Gasteiger partial charge in [0.05, 0.1) is 10.5 Å². The lowest BCUT2D eigenvalue weighted by Crippen LogP contribution is -2.35. The van der Waals surface area contributed by atoms with Crippen molar-refractivity contribution in [2.24, 2.45) is 0 Å². The monoisotopic (exact) mass is 520 g/mol. The van der Waals surface area contributed by atoms with Crippen LogP contribution in [0.25, 0.3) is 0 Å². The van der Waals surface area contributed by atoms with Crippen molar-refractivity contribution in [1.29, 1.82) is 0 Å². The molecule has 1 heterocycles. The first kappa shape index (κ1) is 26.0. The Morgan fingerprint density at radius 1 is 0.972 bits per heavy atom. The topological polar surface area (TPSA) is 61.8 Å². The van der Waals surface area contributed by atoms with Gasteiger partial charge in [-0.1, -0.05) is 35.9 Å². The minimum Gasteiger partial charge on any atom is -0.491 e. The summed E-state index contributed by atoms with van der Waals surface area (Å²) in [7, 11) is -3.89. The number of benzene rings is 3. The van der Waals surface area contributed by atoms with Crippen LogP contribution in [0.4, 0.5) is 13.2 Å². The molecule has 0 N–H and O–H groups in total. The molecule has 1 unspecified atom stereocenters. The summed E-state index contributed by atoms with van der Waals surface area (Å²) >= 11 is 0. The Balaban J connectivity index is 1.45. The molecule has 36 heavy (non-hydrogen) atoms. The molecule has 0 spiro atoms. The Morgan fingerprint density at radius 3 is 2.28 bits per heavy atom. The summed E-state index contributed by atoms with van der Waals surface area (Å²) in [6, 6.07) is 16.8. The van der Waals surface area contributed by atoms with Crippen molar-refractivity contribution in [2.45, 2.75) is 49.8 Å². The van der Waals surface area contributed by atoms with Crippen LogP contribution in [0, 0.1) is 6.92 Å². The standard InChI is InChI=1S/C27H27F3O5S/c1-18-4-11-22(12-5-18)36(31,32)34-15-14-33-21-10-13-23-24(17-26(2,3)35-25(23)16-21)19-6-8-20(9-7-19)27(28,29)30/h4-13,16,24H,14-15,17H2,1-3H3. The summed E-state index contributed by atoms with van der Waals surface area (Å²) in [4.78, 5) is 0.0758. The minimum absolute atomic E-state index is 0.00436. The number of halogens is 3. The molecule has 1 atom stereocenters. The van der Waals surface area contributed by atoms with Crippen molar-refractivity contribution in [3.63, 3.8) is 0 Å². The Kier molecular flexibility index (Phi) is 7.07. The Bertz CT molecular complexity index is 1320. The summed E-state index contributed by atoms with van der Waals surface area (Å²) in [5.41, 5.74) is 1.32. The average molecular weight is 521 g/mol. The Morgan fingerprint density at radius 2 is 1.64 bits per heavy atom. The maximum Gasteiger partial charge on any atom is 0.416 e. The highest BCUT2D eigenvalue weighted by molar-refractivity contribution is 7.86. The largest absolute Gasteiger partial charge is 0.491 e. The molecule has 1 aliphatic heterocycles. The molecule has 0 aliphatic carbocycles. The first-order valence-electron chi connectivity index (χ1n) is 11.4. The van der Waals surface area contributed by atoms with Gasteiger partial charge in [-0.2, -0.15) is 21.6 Å². The van der Waals surface area contributed by atoms with E-state index in [-0.39, 0.29) is 24.0 Å². The highest BCUT2D eigenvalue weighted by Gasteiger charge is 2.36. The zero-order valence-corrected chi connectivity index (χ0v) is 20.9. The van der Waals surface area contributed by atoms with Gasteiger partial charge in [-0.3, -0.25) is 4.18 Å². The van der Waals surface area contributed by atoms with Gasteiger partial charge in [0.2, 0.25) is 0 Å². The van der Waals surface area contributed by atoms with Crippen molar-refractivity contribution in [3.8, 4) is 11.5 Å². The fourth-order valence-corrected chi connectivity index (χ4v) is 5.09. The number of hydrogen-bond acceptors (Lipinski definition) is 5. The number of ether oxygens (including phenoxy) is 2. The maximum absolute atomic E-state index is 13.0. The number of hydrogen-bond donors (Lipinski definition) is 0. The van der Waals surface area contributed by atoms with E-state index in [2.05, 4.69) is 0 Å². The van der Waals surface area contributed by atoms with Crippen molar-refractivity contribution in [3.05, 3.63) is 89.0 Å². The number of aryl methyl sites for hydroxylation is 1. The van der Waals surface area contributed by atoms with Gasteiger partial charge in [0, 0.05) is 17.5 Å². The molecule has 0 aromatic heterocycles. The molecule has 0 radical (unpaired) electrons. The highest BCUT2D eigenvalue weighted by atomic mass is 32.2. The first-order valence-corrected chi connectivity index (χ1v) is 12.8. The van der Waals surface area contributed by atoms with Crippen molar-refractivity contribution in [2.75, 3.05) is 13.2 Å². The molecular weight excluding hydrogens is 493 g/mol. The molecule has 192 valence electrons. The van der Waals surface area contributed by atoms with Gasteiger partial charge in [0.1, 0.15) is 30.3 Å². The Hall–Kier alpha value is -3.04. The van der Waals surface area contributed by atoms with E-state index in [1.165, 1.54) is 24.3 Å². The third-order valence-corrected chi connectivity index (χ3v) is 7.31. The van der Waals surface area contributed by atoms with Gasteiger partial charge in [-0.15, -0.1) is 0 Å². The third-order valence-electron chi connectivity index (χ3n) is 5.98. The minimum atomic E-state index is -4.39. The number of rotatable bonds is 7. The first-order chi connectivity index (χ1) is 16.8. The van der Waals surface area contributed by atoms with Gasteiger partial charge < -0.3 is 9.47 Å². The second-order valence-corrected chi connectivity index (χ2v) is 11.0. The second-order valence-electron chi connectivity index (χ2n) is 9.38. The fourth-order valence-electron chi connectivity index (χ4n) is 4.20. The van der Waals surface area contributed by atoms with Gasteiger partial charge in [0.25, 0.3) is 10.1 Å². The lowest BCUT2D eigenvalue weighted by molar-refractivity contribution is -0.137. The number of fused-ring (bicyclic) bond motifs is 1. The molecule has 0 saturated carbocycles. The SMILES string of the molecule is Cc1ccc(S(=O)(=O)OCCOc2ccc3c(c2)OC(C)(C)CC3c2ccc(C(F)(F)F)cc2)cc1. The van der Waals surface area contributed by atoms with Crippen molar-refractivity contribution < 1.29 is 35.2 Å². The van der Waals surface area contributed by atoms with Gasteiger partial charge in [-0.25, -0.2) is 0 Å². The predicted octanol–water partition coefficient (Wildman–Crippen LogP) is 6.49. The van der Waals surface area contributed by atoms with Crippen LogP contribution in [-0.2, 0) is 20.5 Å². The smallest absolute Gasteiger partial charge is 0.416 e. The van der Waals surface area contributed by atoms with Crippen LogP contribution in [0.5, 0.6) is 11.5 Å². The van der Waals surface area contributed by atoms with E-state index < -0.39 is 27.5 Å². The second kappa shape index (κ2) is 9.78. The lowest BCUT2D eigenvalue weighted by Gasteiger charge is -2.38. The summed E-state index contributed by atoms with van der Waals surface area (Å²) in [6.45, 7) is 5.53. The quantitative estimate of drug-likeness (QED) is 0.263. The van der Waals surface area contributed by atoms with Crippen LogP contribution in [0.15, 0.2) is 71.6 Å². The van der Waals surface area contributed by atoms with Crippen molar-refractivity contribution in [1.82, 2.24) is 0 Å². The van der Waals surface area contributed by atoms with E-state index in [0.717, 1.165) is 28.8 Å². The van der Waals surface area contributed by atoms with E-state index in [1.807, 2.05) is 26.8 Å². The normalized spacial score (nSPS) is 17.2. The molecule has 0 bridgehead atoms. The fraction of sp³-hybridized carbons (Fsp3) is 0.333. The average Bonchev–Trinajstić information content (AvgIpc) is 2.80. The Labute approximate surface area is 208 Å². The van der Waals surface area contributed by atoms with Crippen LogP contribution in [0.1, 0.15) is 48.4 Å². The van der Waals surface area contributed by atoms with Crippen LogP contribution >= 0.6 is 0 Å². The predicted molar refractivity (Wildman–Crippen MR) is 129 cm³/mol. The molecule has 0 amide bonds. The molecule has 1 aliphatic rings. The van der Waals surface area contributed by atoms with Gasteiger partial charge in [0.15, 0.2) is 0 Å². The van der Waals surface area contributed by atoms with Crippen LogP contribution in [0.2, 0.25) is 0 Å². The summed E-state index contributed by atoms with van der Waals surface area (Å²) in [5, 5.41) is 0. The molecule has 3 aromatic rings. The molecule has 5 nitrogen and oxygen atoms in total. The molecule has 0 fully saturated rings. The lowest BCUT2D eigenvalue weighted by atomic mass is 9.80. The molecule has 4 rings (SSSR count). The van der Waals surface area contributed by atoms with Gasteiger partial charge >= 0.3 is 6.18 Å². The zero-order chi connectivity index (χ0) is 26.1. The van der Waals surface area contributed by atoms with E-state index >= 15 is 0 Å². The van der Waals surface area contributed by atoms with E-state index in [1.54, 1.807) is 24.3 Å². The zero-order valence-electron chi connectivity index (χ0n) is 20.1. The highest BCUT2D eigenvalue weighted by Crippen LogP contribution is 2.45. The van der Waals surface area contributed by atoms with E-state index in [0.29, 0.717) is 17.9 Å². The van der Waals surface area contributed by atoms with E-state index in [4.69, 9.17) is 13.7 Å². The summed E-state index contributed by atoms with van der Waals surface area (Å²) in [5.74, 6) is 0.888. The molecule has 9 heteroatoms. The number of alkyl halides is 3. The molecular formula is C27H27F3O5S. The van der Waals surface area contributed by atoms with Crippen LogP contribution in [0.3, 0.4) is 0 Å². The molecule has 3 aromatic carbocycles. The summed E-state index contributed by atoms with van der Waals surface area (Å²) in [6.07, 6.45) is -3.79. The third kappa shape index (κ3) is 6.02. The van der Waals surface area contributed by atoms with Crippen LogP contribution < -0.4 is 9.47 Å². The molecule has 0 saturated heterocycles. The summed E-state index contributed by atoms with van der Waals surface area (Å²) < 4.78 is 80.5. The van der Waals surface area contributed by atoms with E-state index in [9.17, 15) is 21.6 Å². The van der Waals surface area contributed by atoms with Gasteiger partial charge in [-0.05, 0) is 63.1 Å². The van der Waals surface area contributed by atoms with Crippen molar-refractivity contribution >= 4 is 10.1 Å². The van der Waals surface area contributed by atoms with Crippen LogP contribution in [-0.4, -0.2) is 27.2 Å².